The van der Waals surface area contributed by atoms with Gasteiger partial charge in [-0.15, -0.1) is 0 Å². The fourth-order valence-electron chi connectivity index (χ4n) is 4.17. The van der Waals surface area contributed by atoms with Crippen molar-refractivity contribution in [2.75, 3.05) is 13.1 Å². The first-order valence-corrected chi connectivity index (χ1v) is 11.2. The van der Waals surface area contributed by atoms with Crippen molar-refractivity contribution in [1.82, 2.24) is 10.6 Å². The number of unbranched alkanes of at least 4 members (excludes halogenated alkanes) is 5. The molecule has 25 heavy (non-hydrogen) atoms. The summed E-state index contributed by atoms with van der Waals surface area (Å²) in [7, 11) is 0. The van der Waals surface area contributed by atoms with Gasteiger partial charge in [0, 0.05) is 18.6 Å². The molecule has 2 aliphatic carbocycles. The standard InChI is InChI=1S/C21H42N4/c22-17-11-3-1-2-4-12-18-23-21(24-19-13-7-5-8-14-19)25-20-15-9-6-10-16-20/h19-20H,1-18,22H2,(H2,23,24,25). The molecule has 0 aromatic heterocycles. The highest BCUT2D eigenvalue weighted by Crippen LogP contribution is 2.19. The molecule has 0 aromatic carbocycles. The SMILES string of the molecule is NCCCCCCCCN=C(NC1CCCCC1)NC1CCCCC1. The van der Waals surface area contributed by atoms with Gasteiger partial charge in [-0.3, -0.25) is 4.99 Å². The summed E-state index contributed by atoms with van der Waals surface area (Å²) in [6.07, 6.45) is 21.2. The Labute approximate surface area is 155 Å². The van der Waals surface area contributed by atoms with E-state index in [1.165, 1.54) is 103 Å². The van der Waals surface area contributed by atoms with Crippen molar-refractivity contribution in [1.29, 1.82) is 0 Å². The zero-order valence-electron chi connectivity index (χ0n) is 16.4. The third-order valence-corrected chi connectivity index (χ3v) is 5.77. The van der Waals surface area contributed by atoms with E-state index in [0.29, 0.717) is 12.1 Å². The van der Waals surface area contributed by atoms with E-state index in [1.54, 1.807) is 0 Å². The van der Waals surface area contributed by atoms with Crippen molar-refractivity contribution >= 4 is 5.96 Å². The summed E-state index contributed by atoms with van der Waals surface area (Å²) >= 11 is 0. The summed E-state index contributed by atoms with van der Waals surface area (Å²) in [6.45, 7) is 1.80. The lowest BCUT2D eigenvalue weighted by atomic mass is 9.95. The second-order valence-electron chi connectivity index (χ2n) is 8.10. The lowest BCUT2D eigenvalue weighted by Gasteiger charge is -2.29. The van der Waals surface area contributed by atoms with Crippen LogP contribution < -0.4 is 16.4 Å². The van der Waals surface area contributed by atoms with Crippen LogP contribution in [0.25, 0.3) is 0 Å². The van der Waals surface area contributed by atoms with E-state index in [9.17, 15) is 0 Å². The zero-order valence-corrected chi connectivity index (χ0v) is 16.4. The molecule has 2 rings (SSSR count). The molecule has 0 aromatic rings. The van der Waals surface area contributed by atoms with Gasteiger partial charge in [-0.1, -0.05) is 64.2 Å². The van der Waals surface area contributed by atoms with Crippen molar-refractivity contribution in [3.8, 4) is 0 Å². The number of aliphatic imine (C=N–C) groups is 1. The molecule has 4 nitrogen and oxygen atoms in total. The normalized spacial score (nSPS) is 19.6. The maximum Gasteiger partial charge on any atom is 0.191 e. The first-order valence-electron chi connectivity index (χ1n) is 11.2. The number of nitrogens with one attached hydrogen (secondary N) is 2. The van der Waals surface area contributed by atoms with Crippen LogP contribution >= 0.6 is 0 Å². The molecule has 0 unspecified atom stereocenters. The van der Waals surface area contributed by atoms with Gasteiger partial charge in [0.1, 0.15) is 0 Å². The van der Waals surface area contributed by atoms with Crippen molar-refractivity contribution in [3.05, 3.63) is 0 Å². The van der Waals surface area contributed by atoms with Gasteiger partial charge in [-0.2, -0.15) is 0 Å². The molecule has 0 heterocycles. The Kier molecular flexibility index (Phi) is 11.0. The summed E-state index contributed by atoms with van der Waals surface area (Å²) in [6, 6.07) is 1.28. The summed E-state index contributed by atoms with van der Waals surface area (Å²) in [4.78, 5) is 4.92. The molecule has 0 aliphatic heterocycles. The van der Waals surface area contributed by atoms with Gasteiger partial charge in [-0.05, 0) is 45.1 Å². The summed E-state index contributed by atoms with van der Waals surface area (Å²) < 4.78 is 0. The summed E-state index contributed by atoms with van der Waals surface area (Å²) in [5.41, 5.74) is 5.55. The zero-order chi connectivity index (χ0) is 17.6. The Morgan fingerprint density at radius 2 is 1.16 bits per heavy atom. The maximum absolute atomic E-state index is 5.55. The van der Waals surface area contributed by atoms with Crippen molar-refractivity contribution < 1.29 is 0 Å². The predicted octanol–water partition coefficient (Wildman–Crippen LogP) is 4.49. The Balaban J connectivity index is 1.69. The average molecular weight is 351 g/mol. The predicted molar refractivity (Wildman–Crippen MR) is 109 cm³/mol. The van der Waals surface area contributed by atoms with E-state index in [4.69, 9.17) is 10.7 Å². The van der Waals surface area contributed by atoms with Crippen molar-refractivity contribution in [2.24, 2.45) is 10.7 Å². The van der Waals surface area contributed by atoms with E-state index >= 15 is 0 Å². The number of rotatable bonds is 10. The number of hydrogen-bond donors (Lipinski definition) is 3. The van der Waals surface area contributed by atoms with Crippen molar-refractivity contribution in [3.63, 3.8) is 0 Å². The van der Waals surface area contributed by atoms with Crippen LogP contribution in [0.3, 0.4) is 0 Å². The molecule has 2 aliphatic rings. The molecule has 4 heteroatoms. The van der Waals surface area contributed by atoms with Crippen LogP contribution in [0.4, 0.5) is 0 Å². The van der Waals surface area contributed by atoms with E-state index in [-0.39, 0.29) is 0 Å². The van der Waals surface area contributed by atoms with Crippen LogP contribution in [0.1, 0.15) is 103 Å². The number of guanidine groups is 1. The minimum atomic E-state index is 0.639. The molecule has 0 bridgehead atoms. The summed E-state index contributed by atoms with van der Waals surface area (Å²) in [5.74, 6) is 1.10. The van der Waals surface area contributed by atoms with E-state index in [2.05, 4.69) is 10.6 Å². The van der Waals surface area contributed by atoms with Crippen LogP contribution in [0.2, 0.25) is 0 Å². The highest BCUT2D eigenvalue weighted by Gasteiger charge is 2.18. The minimum Gasteiger partial charge on any atom is -0.354 e. The lowest BCUT2D eigenvalue weighted by molar-refractivity contribution is 0.388. The van der Waals surface area contributed by atoms with E-state index < -0.39 is 0 Å². The summed E-state index contributed by atoms with van der Waals surface area (Å²) in [5, 5.41) is 7.49. The van der Waals surface area contributed by atoms with Crippen molar-refractivity contribution in [2.45, 2.75) is 115 Å². The molecular weight excluding hydrogens is 308 g/mol. The molecule has 0 amide bonds. The number of hydrogen-bond acceptors (Lipinski definition) is 2. The van der Waals surface area contributed by atoms with E-state index in [0.717, 1.165) is 19.0 Å². The first-order chi connectivity index (χ1) is 12.4. The van der Waals surface area contributed by atoms with Gasteiger partial charge in [0.2, 0.25) is 0 Å². The quantitative estimate of drug-likeness (QED) is 0.309. The fraction of sp³-hybridized carbons (Fsp3) is 0.952. The molecule has 2 saturated carbocycles. The van der Waals surface area contributed by atoms with Gasteiger partial charge in [-0.25, -0.2) is 0 Å². The topological polar surface area (TPSA) is 62.4 Å². The molecule has 146 valence electrons. The van der Waals surface area contributed by atoms with Crippen LogP contribution in [-0.4, -0.2) is 31.1 Å². The maximum atomic E-state index is 5.55. The Morgan fingerprint density at radius 3 is 1.68 bits per heavy atom. The number of nitrogens with zero attached hydrogens (tertiary/aromatic N) is 1. The first kappa shape index (κ1) is 20.5. The monoisotopic (exact) mass is 350 g/mol. The van der Waals surface area contributed by atoms with Gasteiger partial charge < -0.3 is 16.4 Å². The fourth-order valence-corrected chi connectivity index (χ4v) is 4.17. The molecule has 4 N–H and O–H groups in total. The number of nitrogens with two attached hydrogens (primary N) is 1. The Hall–Kier alpha value is -0.770. The van der Waals surface area contributed by atoms with Gasteiger partial charge in [0.25, 0.3) is 0 Å². The second-order valence-corrected chi connectivity index (χ2v) is 8.10. The molecule has 2 fully saturated rings. The highest BCUT2D eigenvalue weighted by atomic mass is 15.2. The Morgan fingerprint density at radius 1 is 0.680 bits per heavy atom. The lowest BCUT2D eigenvalue weighted by Crippen LogP contribution is -2.48. The third kappa shape index (κ3) is 9.48. The highest BCUT2D eigenvalue weighted by molar-refractivity contribution is 5.80. The van der Waals surface area contributed by atoms with Gasteiger partial charge in [0.15, 0.2) is 5.96 Å². The van der Waals surface area contributed by atoms with Crippen LogP contribution in [0, 0.1) is 0 Å². The van der Waals surface area contributed by atoms with Gasteiger partial charge >= 0.3 is 0 Å². The second kappa shape index (κ2) is 13.4. The van der Waals surface area contributed by atoms with Crippen LogP contribution in [0.15, 0.2) is 4.99 Å². The van der Waals surface area contributed by atoms with Gasteiger partial charge in [0.05, 0.1) is 0 Å². The minimum absolute atomic E-state index is 0.639. The average Bonchev–Trinajstić information content (AvgIpc) is 2.65. The van der Waals surface area contributed by atoms with Crippen LogP contribution in [0.5, 0.6) is 0 Å². The molecular formula is C21H42N4. The molecule has 0 atom stereocenters. The smallest absolute Gasteiger partial charge is 0.191 e. The largest absolute Gasteiger partial charge is 0.354 e. The van der Waals surface area contributed by atoms with Crippen LogP contribution in [-0.2, 0) is 0 Å². The Bertz CT molecular complexity index is 322. The third-order valence-electron chi connectivity index (χ3n) is 5.77. The molecule has 0 saturated heterocycles. The van der Waals surface area contributed by atoms with E-state index in [1.807, 2.05) is 0 Å². The molecule has 0 spiro atoms. The molecule has 0 radical (unpaired) electrons.